The minimum Gasteiger partial charge on any atom is -0.456 e. The topological polar surface area (TPSA) is 24.6 Å². The zero-order chi connectivity index (χ0) is 51.0. The van der Waals surface area contributed by atoms with Crippen molar-refractivity contribution < 1.29 is 4.42 Å². The minimum atomic E-state index is -0.145. The summed E-state index contributed by atoms with van der Waals surface area (Å²) < 4.78 is 9.66. The van der Waals surface area contributed by atoms with Crippen molar-refractivity contribution in [2.75, 3.05) is 9.71 Å². The van der Waals surface area contributed by atoms with Crippen LogP contribution in [0.1, 0.15) is 110 Å². The molecule has 11 aromatic rings. The van der Waals surface area contributed by atoms with Crippen LogP contribution in [-0.4, -0.2) is 11.4 Å². The second-order valence-corrected chi connectivity index (χ2v) is 25.3. The summed E-state index contributed by atoms with van der Waals surface area (Å²) >= 11 is 0. The number of hydrogen-bond acceptors (Lipinski definition) is 3. The largest absolute Gasteiger partial charge is 0.456 e. The van der Waals surface area contributed by atoms with Crippen molar-refractivity contribution in [2.45, 2.75) is 111 Å². The van der Waals surface area contributed by atoms with Gasteiger partial charge in [-0.25, -0.2) is 0 Å². The molecule has 0 fully saturated rings. The Labute approximate surface area is 436 Å². The van der Waals surface area contributed by atoms with Gasteiger partial charge in [-0.1, -0.05) is 160 Å². The highest BCUT2D eigenvalue weighted by atomic mass is 16.3. The summed E-state index contributed by atoms with van der Waals surface area (Å²) in [5.74, 6) is 0. The van der Waals surface area contributed by atoms with Crippen LogP contribution >= 0.6 is 0 Å². The molecule has 0 unspecified atom stereocenters. The van der Waals surface area contributed by atoms with Crippen molar-refractivity contribution in [3.05, 3.63) is 192 Å². The summed E-state index contributed by atoms with van der Waals surface area (Å²) in [6.45, 7) is 25.8. The molecule has 3 aliphatic rings. The number of rotatable bonds is 4. The van der Waals surface area contributed by atoms with E-state index in [-0.39, 0.29) is 28.5 Å². The van der Waals surface area contributed by atoms with Crippen LogP contribution in [0.4, 0.5) is 28.4 Å². The monoisotopic (exact) mass is 962 g/mol. The Morgan fingerprint density at radius 3 is 1.78 bits per heavy atom. The van der Waals surface area contributed by atoms with Crippen molar-refractivity contribution in [3.8, 4) is 16.8 Å². The molecule has 2 aliphatic heterocycles. The highest BCUT2D eigenvalue weighted by Gasteiger charge is 2.47. The molecule has 1 aliphatic carbocycles. The van der Waals surface area contributed by atoms with Crippen LogP contribution in [-0.2, 0) is 21.7 Å². The molecule has 74 heavy (non-hydrogen) atoms. The van der Waals surface area contributed by atoms with E-state index >= 15 is 0 Å². The molecular formula is C69H64BN3O. The molecule has 2 aromatic heterocycles. The number of nitrogens with zero attached hydrogens (tertiary/aromatic N) is 3. The van der Waals surface area contributed by atoms with E-state index in [0.29, 0.717) is 0 Å². The zero-order valence-corrected chi connectivity index (χ0v) is 44.8. The number of furan rings is 1. The number of aromatic nitrogens is 1. The second-order valence-electron chi connectivity index (χ2n) is 25.3. The molecule has 14 rings (SSSR count). The standard InChI is InChI=1S/C69H64BN3O/c1-41-35-53-54(69(10,11)34-33-68(53,8)9)39-57(41)73-56-32-31-48(71(46-27-23-44(24-28-46)66(2,3)4)47-29-25-45(26-30-47)67(5,6)7)38-52(56)63-62-50-19-14-15-22-60(50)74-61(62)40-59-64(63)70(73)55-21-16-20-49-51-36-42-17-12-13-18-43(42)37-58(51)72(59)65(49)55/h12-32,35-40H,33-34H2,1-11H3. The maximum atomic E-state index is 7.07. The van der Waals surface area contributed by atoms with E-state index in [4.69, 9.17) is 4.42 Å². The molecule has 5 heteroatoms. The predicted octanol–water partition coefficient (Wildman–Crippen LogP) is 17.8. The average molecular weight is 962 g/mol. The first-order valence-corrected chi connectivity index (χ1v) is 26.9. The maximum absolute atomic E-state index is 7.07. The third-order valence-electron chi connectivity index (χ3n) is 17.6. The van der Waals surface area contributed by atoms with Gasteiger partial charge < -0.3 is 18.7 Å². The smallest absolute Gasteiger partial charge is 0.333 e. The molecule has 364 valence electrons. The lowest BCUT2D eigenvalue weighted by Gasteiger charge is -2.46. The molecule has 9 aromatic carbocycles. The summed E-state index contributed by atoms with van der Waals surface area (Å²) in [6.07, 6.45) is 2.32. The number of para-hydroxylation sites is 2. The number of benzene rings is 9. The molecule has 0 amide bonds. The third kappa shape index (κ3) is 6.47. The van der Waals surface area contributed by atoms with Crippen molar-refractivity contribution in [1.82, 2.24) is 4.57 Å². The van der Waals surface area contributed by atoms with Gasteiger partial charge in [0.1, 0.15) is 11.2 Å². The Morgan fingerprint density at radius 2 is 1.12 bits per heavy atom. The summed E-state index contributed by atoms with van der Waals surface area (Å²) in [5.41, 5.74) is 23.4. The molecule has 0 radical (unpaired) electrons. The lowest BCUT2D eigenvalue weighted by Crippen LogP contribution is -2.60. The van der Waals surface area contributed by atoms with Gasteiger partial charge in [-0.3, -0.25) is 0 Å². The fourth-order valence-electron chi connectivity index (χ4n) is 13.4. The van der Waals surface area contributed by atoms with Crippen molar-refractivity contribution in [2.24, 2.45) is 0 Å². The third-order valence-corrected chi connectivity index (χ3v) is 17.6. The highest BCUT2D eigenvalue weighted by molar-refractivity contribution is 6.94. The number of anilines is 5. The average Bonchev–Trinajstić information content (AvgIpc) is 3.91. The Bertz CT molecular complexity index is 4120. The minimum absolute atomic E-state index is 0.0211. The van der Waals surface area contributed by atoms with Crippen LogP contribution in [0.3, 0.4) is 0 Å². The quantitative estimate of drug-likeness (QED) is 0.164. The van der Waals surface area contributed by atoms with Gasteiger partial charge in [0.2, 0.25) is 0 Å². The first-order valence-electron chi connectivity index (χ1n) is 26.9. The molecule has 4 heterocycles. The first-order chi connectivity index (χ1) is 35.4. The fourth-order valence-corrected chi connectivity index (χ4v) is 13.4. The van der Waals surface area contributed by atoms with E-state index in [1.54, 1.807) is 0 Å². The lowest BCUT2D eigenvalue weighted by atomic mass is 9.43. The van der Waals surface area contributed by atoms with Crippen molar-refractivity contribution in [3.63, 3.8) is 0 Å². The maximum Gasteiger partial charge on any atom is 0.333 e. The molecule has 0 atom stereocenters. The van der Waals surface area contributed by atoms with Crippen molar-refractivity contribution in [1.29, 1.82) is 0 Å². The SMILES string of the molecule is Cc1cc2c(cc1N1B3c4c(cc5oc6ccccc6c5c4-c4cc(N(c5ccc(C(C)(C)C)cc5)c5ccc(C(C)(C)C)cc5)ccc41)-n1c4cc5ccccc5cc4c4cccc3c41)C(C)(C)CCC2(C)C. The number of hydrogen-bond donors (Lipinski definition) is 0. The van der Waals surface area contributed by atoms with Crippen LogP contribution in [0, 0.1) is 6.92 Å². The predicted molar refractivity (Wildman–Crippen MR) is 317 cm³/mol. The van der Waals surface area contributed by atoms with Gasteiger partial charge in [-0.15, -0.1) is 0 Å². The van der Waals surface area contributed by atoms with E-state index in [2.05, 4.69) is 254 Å². The molecule has 0 saturated heterocycles. The summed E-state index contributed by atoms with van der Waals surface area (Å²) in [5, 5.41) is 7.33. The molecule has 0 spiro atoms. The van der Waals surface area contributed by atoms with E-state index in [9.17, 15) is 0 Å². The van der Waals surface area contributed by atoms with Crippen LogP contribution in [0.25, 0.3) is 71.3 Å². The van der Waals surface area contributed by atoms with E-state index in [0.717, 1.165) is 40.0 Å². The molecule has 0 bridgehead atoms. The summed E-state index contributed by atoms with van der Waals surface area (Å²) in [4.78, 5) is 5.22. The first kappa shape index (κ1) is 45.1. The Balaban J connectivity index is 1.13. The second kappa shape index (κ2) is 15.3. The Hall–Kier alpha value is -7.50. The van der Waals surface area contributed by atoms with Crippen LogP contribution < -0.4 is 20.6 Å². The lowest BCUT2D eigenvalue weighted by molar-refractivity contribution is 0.332. The van der Waals surface area contributed by atoms with Gasteiger partial charge in [-0.05, 0) is 163 Å². The Morgan fingerprint density at radius 1 is 0.527 bits per heavy atom. The molecule has 0 saturated carbocycles. The zero-order valence-electron chi connectivity index (χ0n) is 44.8. The normalized spacial score (nSPS) is 15.6. The Kier molecular flexibility index (Phi) is 9.33. The summed E-state index contributed by atoms with van der Waals surface area (Å²) in [6, 6.07) is 62.8. The fraction of sp³-hybridized carbons (Fsp3) is 0.246. The van der Waals surface area contributed by atoms with Gasteiger partial charge in [0.25, 0.3) is 0 Å². The van der Waals surface area contributed by atoms with Crippen LogP contribution in [0.15, 0.2) is 168 Å². The molecule has 0 N–H and O–H groups in total. The van der Waals surface area contributed by atoms with Crippen molar-refractivity contribution >= 4 is 101 Å². The van der Waals surface area contributed by atoms with Gasteiger partial charge in [-0.2, -0.15) is 0 Å². The van der Waals surface area contributed by atoms with Gasteiger partial charge in [0.05, 0.1) is 11.0 Å². The number of aryl methyl sites for hydroxylation is 1. The van der Waals surface area contributed by atoms with E-state index in [1.807, 2.05) is 0 Å². The molecular weight excluding hydrogens is 898 g/mol. The van der Waals surface area contributed by atoms with Crippen LogP contribution in [0.5, 0.6) is 0 Å². The number of fused-ring (bicyclic) bond motifs is 13. The highest BCUT2D eigenvalue weighted by Crippen LogP contribution is 2.54. The van der Waals surface area contributed by atoms with E-state index < -0.39 is 0 Å². The van der Waals surface area contributed by atoms with Gasteiger partial charge >= 0.3 is 6.85 Å². The van der Waals surface area contributed by atoms with Crippen LogP contribution in [0.2, 0.25) is 0 Å². The summed E-state index contributed by atoms with van der Waals surface area (Å²) in [7, 11) is 0. The molecule has 4 nitrogen and oxygen atoms in total. The van der Waals surface area contributed by atoms with E-state index in [1.165, 1.54) is 111 Å². The van der Waals surface area contributed by atoms with Gasteiger partial charge in [0.15, 0.2) is 0 Å². The van der Waals surface area contributed by atoms with Gasteiger partial charge in [0, 0.05) is 67.3 Å².